The predicted octanol–water partition coefficient (Wildman–Crippen LogP) is -1.29. The predicted molar refractivity (Wildman–Crippen MR) is 59.6 cm³/mol. The summed E-state index contributed by atoms with van der Waals surface area (Å²) in [6.45, 7) is 0.325. The van der Waals surface area contributed by atoms with Gasteiger partial charge in [0.1, 0.15) is 0 Å². The minimum Gasteiger partial charge on any atom is -0.396 e. The van der Waals surface area contributed by atoms with Crippen LogP contribution in [0.5, 0.6) is 0 Å². The third-order valence-electron chi connectivity index (χ3n) is 2.73. The van der Waals surface area contributed by atoms with Gasteiger partial charge in [-0.05, 0) is 31.7 Å². The lowest BCUT2D eigenvalue weighted by molar-refractivity contribution is 0.127. The third-order valence-corrected chi connectivity index (χ3v) is 2.73. The molecule has 7 heteroatoms. The molecule has 0 saturated carbocycles. The number of hydrogen-bond donors (Lipinski definition) is 5. The fourth-order valence-corrected chi connectivity index (χ4v) is 1.75. The summed E-state index contributed by atoms with van der Waals surface area (Å²) < 4.78 is 0. The van der Waals surface area contributed by atoms with Gasteiger partial charge in [-0.3, -0.25) is 9.41 Å². The van der Waals surface area contributed by atoms with Gasteiger partial charge in [0.05, 0.1) is 0 Å². The van der Waals surface area contributed by atoms with Crippen molar-refractivity contribution in [1.29, 1.82) is 0 Å². The van der Waals surface area contributed by atoms with Gasteiger partial charge in [0.25, 0.3) is 0 Å². The molecule has 0 rings (SSSR count). The Morgan fingerprint density at radius 3 is 1.62 bits per heavy atom. The summed E-state index contributed by atoms with van der Waals surface area (Å²) in [6.07, 6.45) is 1.30. The van der Waals surface area contributed by atoms with E-state index in [0.29, 0.717) is 25.8 Å². The van der Waals surface area contributed by atoms with Crippen LogP contribution < -0.4 is 11.5 Å². The zero-order chi connectivity index (χ0) is 11.0. The molecule has 0 saturated heterocycles. The zero-order valence-electron chi connectivity index (χ0n) is 9.34. The number of aliphatic hydroxyl groups excluding tert-OH is 3. The average Bonchev–Trinajstić information content (AvgIpc) is 2.14. The molecule has 0 bridgehead atoms. The minimum atomic E-state index is -0.666. The van der Waals surface area contributed by atoms with E-state index in [0.717, 1.165) is 0 Å². The normalized spacial score (nSPS) is 12.6. The smallest absolute Gasteiger partial charge is 0.0448 e. The number of aliphatic hydroxyl groups is 3. The van der Waals surface area contributed by atoms with Gasteiger partial charge in [-0.15, -0.1) is 0 Å². The van der Waals surface area contributed by atoms with Crippen LogP contribution in [0.4, 0.5) is 9.41 Å². The Hall–Kier alpha value is -0.340. The van der Waals surface area contributed by atoms with Crippen molar-refractivity contribution in [2.45, 2.75) is 24.8 Å². The van der Waals surface area contributed by atoms with E-state index in [4.69, 9.17) is 26.8 Å². The number of rotatable bonds is 8. The van der Waals surface area contributed by atoms with Gasteiger partial charge in [-0.2, -0.15) is 0 Å². The quantitative estimate of drug-likeness (QED) is 0.366. The van der Waals surface area contributed by atoms with Gasteiger partial charge < -0.3 is 26.8 Å². The van der Waals surface area contributed by atoms with Gasteiger partial charge in [0.2, 0.25) is 0 Å². The molecule has 7 N–H and O–H groups in total. The highest BCUT2D eigenvalue weighted by atomic mass is 19.0. The summed E-state index contributed by atoms with van der Waals surface area (Å²) in [6, 6.07) is 0. The van der Waals surface area contributed by atoms with Crippen LogP contribution in [0.1, 0.15) is 19.3 Å². The Morgan fingerprint density at radius 1 is 0.938 bits per heavy atom. The van der Waals surface area contributed by atoms with E-state index in [1.54, 1.807) is 0 Å². The van der Waals surface area contributed by atoms with Crippen LogP contribution >= 0.6 is 0 Å². The molecule has 0 aromatic heterocycles. The Bertz CT molecular complexity index is 147. The summed E-state index contributed by atoms with van der Waals surface area (Å²) in [5.41, 5.74) is 10.9. The molecule has 0 aromatic rings. The molecule has 0 radical (unpaired) electrons. The number of halogens is 2. The van der Waals surface area contributed by atoms with Crippen LogP contribution in [0.2, 0.25) is 0 Å². The van der Waals surface area contributed by atoms with E-state index in [9.17, 15) is 0 Å². The molecule has 0 aliphatic heterocycles. The molecule has 0 amide bonds. The van der Waals surface area contributed by atoms with E-state index in [1.807, 2.05) is 0 Å². The molecule has 1 unspecified atom stereocenters. The van der Waals surface area contributed by atoms with Crippen molar-refractivity contribution in [2.75, 3.05) is 26.4 Å². The molecule has 0 aromatic carbocycles. The SMILES string of the molecule is F.F.NCC(CCO)C(N)(CCO)CCO. The Morgan fingerprint density at radius 2 is 1.38 bits per heavy atom. The Kier molecular flexibility index (Phi) is 14.6. The number of hydrogen-bond acceptors (Lipinski definition) is 5. The first-order valence-electron chi connectivity index (χ1n) is 4.96. The summed E-state index contributed by atoms with van der Waals surface area (Å²) >= 11 is 0. The van der Waals surface area contributed by atoms with Gasteiger partial charge >= 0.3 is 0 Å². The minimum absolute atomic E-state index is 0. The lowest BCUT2D eigenvalue weighted by atomic mass is 9.78. The van der Waals surface area contributed by atoms with Crippen LogP contribution in [0.25, 0.3) is 0 Å². The van der Waals surface area contributed by atoms with Crippen molar-refractivity contribution in [1.82, 2.24) is 0 Å². The second-order valence-corrected chi connectivity index (χ2v) is 3.63. The summed E-state index contributed by atoms with van der Waals surface area (Å²) in [7, 11) is 0. The highest BCUT2D eigenvalue weighted by Crippen LogP contribution is 2.24. The monoisotopic (exact) mass is 246 g/mol. The van der Waals surface area contributed by atoms with E-state index in [-0.39, 0.29) is 35.1 Å². The largest absolute Gasteiger partial charge is 0.396 e. The van der Waals surface area contributed by atoms with E-state index in [2.05, 4.69) is 0 Å². The van der Waals surface area contributed by atoms with Crippen molar-refractivity contribution in [3.8, 4) is 0 Å². The first-order valence-corrected chi connectivity index (χ1v) is 4.96. The summed E-state index contributed by atoms with van der Waals surface area (Å²) in [4.78, 5) is 0. The first kappa shape index (κ1) is 21.0. The molecule has 0 aliphatic carbocycles. The maximum Gasteiger partial charge on any atom is 0.0448 e. The molecular weight excluding hydrogens is 222 g/mol. The zero-order valence-corrected chi connectivity index (χ0v) is 9.34. The van der Waals surface area contributed by atoms with Crippen LogP contribution in [0.3, 0.4) is 0 Å². The topological polar surface area (TPSA) is 113 Å². The highest BCUT2D eigenvalue weighted by Gasteiger charge is 2.32. The molecule has 0 spiro atoms. The molecule has 1 atom stereocenters. The lowest BCUT2D eigenvalue weighted by Crippen LogP contribution is -2.51. The maximum atomic E-state index is 8.88. The maximum absolute atomic E-state index is 8.88. The Labute approximate surface area is 94.2 Å². The fraction of sp³-hybridized carbons (Fsp3) is 1.00. The van der Waals surface area contributed by atoms with E-state index in [1.165, 1.54) is 0 Å². The summed E-state index contributed by atoms with van der Waals surface area (Å²) in [5, 5.41) is 26.6. The number of nitrogens with two attached hydrogens (primary N) is 2. The van der Waals surface area contributed by atoms with Crippen molar-refractivity contribution >= 4 is 0 Å². The van der Waals surface area contributed by atoms with Crippen LogP contribution in [-0.2, 0) is 0 Å². The van der Waals surface area contributed by atoms with Crippen LogP contribution in [0.15, 0.2) is 0 Å². The van der Waals surface area contributed by atoms with Crippen LogP contribution in [0, 0.1) is 5.92 Å². The van der Waals surface area contributed by atoms with Crippen molar-refractivity contribution in [3.05, 3.63) is 0 Å². The van der Waals surface area contributed by atoms with Crippen molar-refractivity contribution < 1.29 is 24.7 Å². The van der Waals surface area contributed by atoms with E-state index >= 15 is 0 Å². The third kappa shape index (κ3) is 6.29. The fourth-order valence-electron chi connectivity index (χ4n) is 1.75. The lowest BCUT2D eigenvalue weighted by Gasteiger charge is -2.36. The Balaban J connectivity index is -0.000000845. The second-order valence-electron chi connectivity index (χ2n) is 3.63. The molecule has 0 heterocycles. The molecule has 102 valence electrons. The van der Waals surface area contributed by atoms with Crippen molar-refractivity contribution in [2.24, 2.45) is 17.4 Å². The van der Waals surface area contributed by atoms with Crippen molar-refractivity contribution in [3.63, 3.8) is 0 Å². The van der Waals surface area contributed by atoms with Gasteiger partial charge in [-0.1, -0.05) is 0 Å². The highest BCUT2D eigenvalue weighted by molar-refractivity contribution is 4.91. The van der Waals surface area contributed by atoms with Gasteiger partial charge in [0, 0.05) is 25.4 Å². The van der Waals surface area contributed by atoms with Gasteiger partial charge in [0.15, 0.2) is 0 Å². The second kappa shape index (κ2) is 11.2. The first-order chi connectivity index (χ1) is 6.64. The van der Waals surface area contributed by atoms with Crippen LogP contribution in [-0.4, -0.2) is 47.2 Å². The van der Waals surface area contributed by atoms with E-state index < -0.39 is 5.54 Å². The average molecular weight is 246 g/mol. The molecule has 0 aliphatic rings. The molecule has 0 fully saturated rings. The molecular formula is C9H24F2N2O3. The molecule has 5 nitrogen and oxygen atoms in total. The molecule has 16 heavy (non-hydrogen) atoms. The standard InChI is InChI=1S/C9H22N2O3.2FH/c10-7-8(1-4-12)9(11,2-5-13)3-6-14;;/h8,12-14H,1-7,10-11H2;2*1H. The van der Waals surface area contributed by atoms with Gasteiger partial charge in [-0.25, -0.2) is 0 Å². The summed E-state index contributed by atoms with van der Waals surface area (Å²) in [5.74, 6) is -0.0631.